The molecule has 17 heavy (non-hydrogen) atoms. The molecule has 1 aromatic carbocycles. The molecule has 94 valence electrons. The summed E-state index contributed by atoms with van der Waals surface area (Å²) in [5.74, 6) is 1.42. The lowest BCUT2D eigenvalue weighted by Crippen LogP contribution is -2.08. The zero-order valence-corrected chi connectivity index (χ0v) is 11.2. The Hall–Kier alpha value is -1.48. The van der Waals surface area contributed by atoms with E-state index in [1.54, 1.807) is 19.2 Å². The molecule has 0 saturated carbocycles. The average Bonchev–Trinajstić information content (AvgIpc) is 2.34. The van der Waals surface area contributed by atoms with Crippen LogP contribution in [0.5, 0.6) is 17.2 Å². The standard InChI is InChI=1S/C11H15O5P/c1-7(12)16-17-11-9(14-3)5-8(13-2)6-10(11)15-4/h5-6,17H,1-4H3. The molecule has 0 N–H and O–H groups in total. The van der Waals surface area contributed by atoms with Gasteiger partial charge in [-0.3, -0.25) is 4.79 Å². The molecule has 0 aliphatic carbocycles. The Bertz CT molecular complexity index is 380. The quantitative estimate of drug-likeness (QED) is 0.749. The van der Waals surface area contributed by atoms with Gasteiger partial charge in [-0.05, 0) is 0 Å². The molecule has 0 aliphatic rings. The third-order valence-corrected chi connectivity index (χ3v) is 3.10. The highest BCUT2D eigenvalue weighted by Gasteiger charge is 2.14. The minimum Gasteiger partial charge on any atom is -0.496 e. The van der Waals surface area contributed by atoms with Gasteiger partial charge in [0.15, 0.2) is 0 Å². The molecule has 1 atom stereocenters. The first kappa shape index (κ1) is 13.6. The van der Waals surface area contributed by atoms with Crippen LogP contribution in [-0.4, -0.2) is 27.3 Å². The zero-order valence-electron chi connectivity index (χ0n) is 10.2. The number of carbonyl (C=O) groups is 1. The van der Waals surface area contributed by atoms with Gasteiger partial charge in [0.05, 0.1) is 26.6 Å². The summed E-state index contributed by atoms with van der Waals surface area (Å²) in [5, 5.41) is 0.700. The van der Waals surface area contributed by atoms with Crippen LogP contribution >= 0.6 is 8.81 Å². The second kappa shape index (κ2) is 6.30. The van der Waals surface area contributed by atoms with Gasteiger partial charge in [0, 0.05) is 19.1 Å². The van der Waals surface area contributed by atoms with E-state index in [1.165, 1.54) is 21.1 Å². The summed E-state index contributed by atoms with van der Waals surface area (Å²) in [7, 11) is 4.47. The number of hydrogen-bond donors (Lipinski definition) is 0. The molecule has 1 aromatic rings. The minimum atomic E-state index is -0.344. The van der Waals surface area contributed by atoms with Crippen LogP contribution in [0.15, 0.2) is 12.1 Å². The molecule has 0 radical (unpaired) electrons. The molecule has 0 amide bonds. The van der Waals surface area contributed by atoms with Gasteiger partial charge in [0.1, 0.15) is 26.1 Å². The van der Waals surface area contributed by atoms with Crippen molar-refractivity contribution in [2.45, 2.75) is 6.92 Å². The van der Waals surface area contributed by atoms with Crippen LogP contribution in [0.25, 0.3) is 0 Å². The Morgan fingerprint density at radius 3 is 1.94 bits per heavy atom. The summed E-state index contributed by atoms with van der Waals surface area (Å²) >= 11 is 0. The Balaban J connectivity index is 3.10. The molecular formula is C11H15O5P. The van der Waals surface area contributed by atoms with Crippen molar-refractivity contribution >= 4 is 20.1 Å². The van der Waals surface area contributed by atoms with E-state index < -0.39 is 0 Å². The van der Waals surface area contributed by atoms with E-state index >= 15 is 0 Å². The predicted molar refractivity (Wildman–Crippen MR) is 65.8 cm³/mol. The number of hydrogen-bond acceptors (Lipinski definition) is 5. The van der Waals surface area contributed by atoms with Crippen molar-refractivity contribution in [2.24, 2.45) is 0 Å². The number of methoxy groups -OCH3 is 3. The molecule has 0 bridgehead atoms. The highest BCUT2D eigenvalue weighted by Crippen LogP contribution is 2.32. The second-order valence-electron chi connectivity index (χ2n) is 3.10. The SMILES string of the molecule is COc1cc(OC)c(POC(C)=O)c(OC)c1. The van der Waals surface area contributed by atoms with Crippen molar-refractivity contribution in [3.8, 4) is 17.2 Å². The van der Waals surface area contributed by atoms with E-state index in [4.69, 9.17) is 18.7 Å². The Morgan fingerprint density at radius 1 is 1.06 bits per heavy atom. The fourth-order valence-corrected chi connectivity index (χ4v) is 2.02. The first-order valence-electron chi connectivity index (χ1n) is 4.85. The lowest BCUT2D eigenvalue weighted by molar-refractivity contribution is -0.130. The largest absolute Gasteiger partial charge is 0.496 e. The normalized spacial score (nSPS) is 10.4. The fraction of sp³-hybridized carbons (Fsp3) is 0.364. The van der Waals surface area contributed by atoms with Crippen molar-refractivity contribution in [1.29, 1.82) is 0 Å². The van der Waals surface area contributed by atoms with Crippen LogP contribution in [0.1, 0.15) is 6.92 Å². The van der Waals surface area contributed by atoms with Crippen LogP contribution in [0.4, 0.5) is 0 Å². The number of carbonyl (C=O) groups excluding carboxylic acids is 1. The summed E-state index contributed by atoms with van der Waals surface area (Å²) in [6.07, 6.45) is 0. The number of rotatable bonds is 5. The molecule has 0 saturated heterocycles. The van der Waals surface area contributed by atoms with Crippen molar-refractivity contribution in [3.05, 3.63) is 12.1 Å². The lowest BCUT2D eigenvalue weighted by Gasteiger charge is -2.14. The van der Waals surface area contributed by atoms with E-state index in [0.717, 1.165) is 0 Å². The van der Waals surface area contributed by atoms with Gasteiger partial charge in [-0.25, -0.2) is 0 Å². The van der Waals surface area contributed by atoms with E-state index in [2.05, 4.69) is 0 Å². The summed E-state index contributed by atoms with van der Waals surface area (Å²) < 4.78 is 20.5. The maximum absolute atomic E-state index is 10.8. The van der Waals surface area contributed by atoms with Crippen LogP contribution in [0.2, 0.25) is 0 Å². The summed E-state index contributed by atoms with van der Waals surface area (Å²) in [5.41, 5.74) is 0. The van der Waals surface area contributed by atoms with E-state index in [-0.39, 0.29) is 14.8 Å². The van der Waals surface area contributed by atoms with Gasteiger partial charge in [-0.1, -0.05) is 0 Å². The van der Waals surface area contributed by atoms with E-state index in [1.807, 2.05) is 0 Å². The summed E-state index contributed by atoms with van der Waals surface area (Å²) in [6, 6.07) is 3.43. The van der Waals surface area contributed by atoms with Crippen LogP contribution in [0, 0.1) is 0 Å². The van der Waals surface area contributed by atoms with Gasteiger partial charge in [-0.15, -0.1) is 0 Å². The fourth-order valence-electron chi connectivity index (χ4n) is 1.23. The molecule has 0 fully saturated rings. The molecule has 0 spiro atoms. The second-order valence-corrected chi connectivity index (χ2v) is 4.01. The van der Waals surface area contributed by atoms with Gasteiger partial charge < -0.3 is 18.7 Å². The number of benzene rings is 1. The lowest BCUT2D eigenvalue weighted by atomic mass is 10.3. The van der Waals surface area contributed by atoms with E-state index in [9.17, 15) is 4.79 Å². The van der Waals surface area contributed by atoms with Crippen LogP contribution in [-0.2, 0) is 9.32 Å². The smallest absolute Gasteiger partial charge is 0.305 e. The molecule has 6 heteroatoms. The predicted octanol–water partition coefficient (Wildman–Crippen LogP) is 1.49. The maximum atomic E-state index is 10.8. The Kier molecular flexibility index (Phi) is 5.04. The van der Waals surface area contributed by atoms with Crippen molar-refractivity contribution in [1.82, 2.24) is 0 Å². The van der Waals surface area contributed by atoms with Crippen LogP contribution < -0.4 is 19.5 Å². The highest BCUT2D eigenvalue weighted by atomic mass is 31.1. The van der Waals surface area contributed by atoms with Crippen LogP contribution in [0.3, 0.4) is 0 Å². The van der Waals surface area contributed by atoms with Crippen molar-refractivity contribution in [3.63, 3.8) is 0 Å². The average molecular weight is 258 g/mol. The molecule has 0 heterocycles. The van der Waals surface area contributed by atoms with Gasteiger partial charge in [-0.2, -0.15) is 0 Å². The molecule has 0 aromatic heterocycles. The minimum absolute atomic E-state index is 0.161. The van der Waals surface area contributed by atoms with Crippen molar-refractivity contribution < 1.29 is 23.5 Å². The zero-order chi connectivity index (χ0) is 12.8. The third kappa shape index (κ3) is 3.49. The Morgan fingerprint density at radius 2 is 1.59 bits per heavy atom. The maximum Gasteiger partial charge on any atom is 0.305 e. The molecule has 1 unspecified atom stereocenters. The topological polar surface area (TPSA) is 54.0 Å². The van der Waals surface area contributed by atoms with Gasteiger partial charge >= 0.3 is 5.97 Å². The molecule has 5 nitrogen and oxygen atoms in total. The molecule has 1 rings (SSSR count). The number of ether oxygens (including phenoxy) is 3. The van der Waals surface area contributed by atoms with E-state index in [0.29, 0.717) is 22.6 Å². The highest BCUT2D eigenvalue weighted by molar-refractivity contribution is 7.43. The first-order chi connectivity index (χ1) is 8.12. The molecular weight excluding hydrogens is 243 g/mol. The van der Waals surface area contributed by atoms with Crippen molar-refractivity contribution in [2.75, 3.05) is 21.3 Å². The monoisotopic (exact) mass is 258 g/mol. The van der Waals surface area contributed by atoms with Gasteiger partial charge in [0.25, 0.3) is 0 Å². The molecule has 0 aliphatic heterocycles. The first-order valence-corrected chi connectivity index (χ1v) is 5.76. The third-order valence-electron chi connectivity index (χ3n) is 2.01. The summed E-state index contributed by atoms with van der Waals surface area (Å²) in [4.78, 5) is 10.8. The summed E-state index contributed by atoms with van der Waals surface area (Å²) in [6.45, 7) is 1.36. The van der Waals surface area contributed by atoms with Gasteiger partial charge in [0.2, 0.25) is 0 Å². The Labute approximate surface area is 102 Å².